The predicted molar refractivity (Wildman–Crippen MR) is 129 cm³/mol. The van der Waals surface area contributed by atoms with Crippen LogP contribution in [0.2, 0.25) is 0 Å². The number of amides is 1. The van der Waals surface area contributed by atoms with Crippen molar-refractivity contribution in [3.05, 3.63) is 21.0 Å². The Hall–Kier alpha value is -3.19. The topological polar surface area (TPSA) is 233 Å². The monoisotopic (exact) mass is 561 g/mol. The van der Waals surface area contributed by atoms with Gasteiger partial charge in [0.15, 0.2) is 34.1 Å². The quantitative estimate of drug-likeness (QED) is 0.0692. The molecule has 1 fully saturated rings. The van der Waals surface area contributed by atoms with Crippen LogP contribution in [0.25, 0.3) is 0 Å². The minimum absolute atomic E-state index is 0.0160. The molecule has 0 aliphatic carbocycles. The number of oxime groups is 1. The highest BCUT2D eigenvalue weighted by molar-refractivity contribution is 7.80. The largest absolute Gasteiger partial charge is 0.473 e. The molecule has 6 N–H and O–H groups in total. The number of aryl methyl sites for hydroxylation is 1. The van der Waals surface area contributed by atoms with E-state index >= 15 is 0 Å². The molecule has 1 unspecified atom stereocenters. The maximum Gasteiger partial charge on any atom is 0.418 e. The fourth-order valence-corrected chi connectivity index (χ4v) is 4.93. The van der Waals surface area contributed by atoms with Gasteiger partial charge < -0.3 is 21.0 Å². The summed E-state index contributed by atoms with van der Waals surface area (Å²) in [6, 6.07) is 0. The highest BCUT2D eigenvalue weighted by atomic mass is 32.3. The highest BCUT2D eigenvalue weighted by Gasteiger charge is 2.57. The molecule has 3 heterocycles. The standard InChI is InChI=1S/C18H23N7O8S3/c1-8-14(23-15(35-8)13(19)20)31-4-5-32-24-12(10-7-34-17(21)22-10)11(26)6-9-16(27)25(18(9,2)3)33-36(28,29)30/h7,9H,4-6H2,1-3H3,(H3,19,20)(H2,21,22)(H,28,29,30)/b24-12-. The van der Waals surface area contributed by atoms with Gasteiger partial charge in [0.2, 0.25) is 5.88 Å². The van der Waals surface area contributed by atoms with E-state index in [2.05, 4.69) is 19.4 Å². The number of amidine groups is 1. The van der Waals surface area contributed by atoms with Gasteiger partial charge in [0.1, 0.15) is 12.3 Å². The number of anilines is 1. The first kappa shape index (κ1) is 27.4. The van der Waals surface area contributed by atoms with Crippen molar-refractivity contribution in [2.45, 2.75) is 32.7 Å². The molecule has 1 amide bonds. The van der Waals surface area contributed by atoms with Crippen LogP contribution in [0, 0.1) is 18.3 Å². The van der Waals surface area contributed by atoms with Crippen molar-refractivity contribution < 1.29 is 36.4 Å². The predicted octanol–water partition coefficient (Wildman–Crippen LogP) is 0.505. The third-order valence-corrected chi connectivity index (χ3v) is 7.01. The van der Waals surface area contributed by atoms with Gasteiger partial charge in [-0.25, -0.2) is 4.98 Å². The van der Waals surface area contributed by atoms with E-state index in [1.165, 1.54) is 30.6 Å². The number of carbonyl (C=O) groups excluding carboxylic acids is 2. The molecule has 196 valence electrons. The van der Waals surface area contributed by atoms with Crippen LogP contribution >= 0.6 is 22.7 Å². The summed E-state index contributed by atoms with van der Waals surface area (Å²) in [7, 11) is -4.92. The van der Waals surface area contributed by atoms with Gasteiger partial charge in [-0.1, -0.05) is 5.16 Å². The third kappa shape index (κ3) is 6.13. The number of hydroxylamine groups is 2. The number of nitrogens with one attached hydrogen (secondary N) is 1. The second-order valence-electron chi connectivity index (χ2n) is 7.96. The Morgan fingerprint density at radius 1 is 1.36 bits per heavy atom. The normalized spacial score (nSPS) is 17.6. The molecule has 0 radical (unpaired) electrons. The Bertz CT molecular complexity index is 1320. The van der Waals surface area contributed by atoms with E-state index in [4.69, 9.17) is 31.0 Å². The van der Waals surface area contributed by atoms with E-state index in [0.717, 1.165) is 16.2 Å². The second-order valence-corrected chi connectivity index (χ2v) is 11.1. The Labute approximate surface area is 213 Å². The lowest BCUT2D eigenvalue weighted by Gasteiger charge is -2.50. The van der Waals surface area contributed by atoms with E-state index in [0.29, 0.717) is 16.0 Å². The minimum Gasteiger partial charge on any atom is -0.473 e. The van der Waals surface area contributed by atoms with Crippen molar-refractivity contribution in [3.63, 3.8) is 0 Å². The zero-order valence-electron chi connectivity index (χ0n) is 19.2. The van der Waals surface area contributed by atoms with Gasteiger partial charge >= 0.3 is 10.4 Å². The first-order valence-electron chi connectivity index (χ1n) is 10.1. The average molecular weight is 562 g/mol. The summed E-state index contributed by atoms with van der Waals surface area (Å²) in [6.45, 7) is 4.64. The number of Topliss-reactive ketones (excluding diaryl/α,β-unsaturated/α-hetero) is 1. The van der Waals surface area contributed by atoms with Crippen molar-refractivity contribution in [3.8, 4) is 5.88 Å². The zero-order valence-corrected chi connectivity index (χ0v) is 21.7. The first-order valence-corrected chi connectivity index (χ1v) is 13.2. The van der Waals surface area contributed by atoms with Gasteiger partial charge in [-0.15, -0.1) is 27.0 Å². The van der Waals surface area contributed by atoms with E-state index in [1.54, 1.807) is 6.92 Å². The Balaban J connectivity index is 1.66. The number of carbonyl (C=O) groups is 2. The van der Waals surface area contributed by atoms with Crippen molar-refractivity contribution >= 4 is 61.4 Å². The molecule has 18 heteroatoms. The molecule has 3 rings (SSSR count). The van der Waals surface area contributed by atoms with Crippen LogP contribution in [-0.2, 0) is 29.1 Å². The van der Waals surface area contributed by atoms with Crippen molar-refractivity contribution in [2.75, 3.05) is 18.9 Å². The molecule has 0 aromatic carbocycles. The highest BCUT2D eigenvalue weighted by Crippen LogP contribution is 2.40. The summed E-state index contributed by atoms with van der Waals surface area (Å²) in [5, 5.41) is 13.8. The van der Waals surface area contributed by atoms with Crippen molar-refractivity contribution in [1.82, 2.24) is 15.0 Å². The number of nitrogens with two attached hydrogens (primary N) is 2. The fraction of sp³-hybridized carbons (Fsp3) is 0.444. The second kappa shape index (κ2) is 10.4. The van der Waals surface area contributed by atoms with Crippen molar-refractivity contribution in [2.24, 2.45) is 16.8 Å². The summed E-state index contributed by atoms with van der Waals surface area (Å²) in [4.78, 5) is 39.5. The average Bonchev–Trinajstić information content (AvgIpc) is 3.37. The number of nitrogens with zero attached hydrogens (tertiary/aromatic N) is 4. The molecular weight excluding hydrogens is 538 g/mol. The van der Waals surface area contributed by atoms with Gasteiger partial charge in [0.05, 0.1) is 16.3 Å². The number of hydrogen-bond donors (Lipinski definition) is 4. The molecule has 1 aliphatic heterocycles. The SMILES string of the molecule is Cc1sc(C(=N)N)nc1OCCO/N=C(\C(=O)CC1C(=O)N(OS(=O)(=O)O)C1(C)C)c1csc(N)n1. The first-order chi connectivity index (χ1) is 16.7. The molecule has 0 saturated carbocycles. The van der Waals surface area contributed by atoms with E-state index in [-0.39, 0.29) is 42.0 Å². The Morgan fingerprint density at radius 2 is 2.06 bits per heavy atom. The maximum absolute atomic E-state index is 13.0. The fourth-order valence-electron chi connectivity index (χ4n) is 3.20. The summed E-state index contributed by atoms with van der Waals surface area (Å²) in [5.74, 6) is -2.25. The Morgan fingerprint density at radius 3 is 2.58 bits per heavy atom. The lowest BCUT2D eigenvalue weighted by atomic mass is 9.74. The molecule has 1 saturated heterocycles. The maximum atomic E-state index is 13.0. The van der Waals surface area contributed by atoms with Crippen LogP contribution in [0.15, 0.2) is 10.5 Å². The number of aromatic nitrogens is 2. The molecule has 0 bridgehead atoms. The zero-order chi connectivity index (χ0) is 26.8. The lowest BCUT2D eigenvalue weighted by molar-refractivity contribution is -0.228. The summed E-state index contributed by atoms with van der Waals surface area (Å²) >= 11 is 2.28. The van der Waals surface area contributed by atoms with Gasteiger partial charge in [0.25, 0.3) is 5.91 Å². The van der Waals surface area contributed by atoms with E-state index < -0.39 is 33.5 Å². The van der Waals surface area contributed by atoms with Crippen molar-refractivity contribution in [1.29, 1.82) is 5.41 Å². The van der Waals surface area contributed by atoms with Gasteiger partial charge in [-0.2, -0.15) is 18.5 Å². The Kier molecular flexibility index (Phi) is 7.94. The molecular formula is C18H23N7O8S3. The molecule has 2 aromatic heterocycles. The third-order valence-electron chi connectivity index (χ3n) is 5.02. The van der Waals surface area contributed by atoms with E-state index in [1.807, 2.05) is 0 Å². The van der Waals surface area contributed by atoms with Crippen LogP contribution in [0.3, 0.4) is 0 Å². The lowest BCUT2D eigenvalue weighted by Crippen LogP contribution is -2.68. The molecule has 15 nitrogen and oxygen atoms in total. The molecule has 0 spiro atoms. The number of hydrogen-bond acceptors (Lipinski definition) is 14. The van der Waals surface area contributed by atoms with Gasteiger partial charge in [-0.3, -0.25) is 19.6 Å². The number of ether oxygens (including phenoxy) is 1. The smallest absolute Gasteiger partial charge is 0.418 e. The molecule has 2 aromatic rings. The summed E-state index contributed by atoms with van der Waals surface area (Å²) in [5.41, 5.74) is 9.82. The number of rotatable bonds is 12. The van der Waals surface area contributed by atoms with Crippen LogP contribution in [-0.4, -0.2) is 70.0 Å². The van der Waals surface area contributed by atoms with Crippen LogP contribution in [0.1, 0.15) is 35.8 Å². The van der Waals surface area contributed by atoms with Crippen LogP contribution in [0.4, 0.5) is 5.13 Å². The number of nitrogen functional groups attached to an aromatic ring is 2. The van der Waals surface area contributed by atoms with E-state index in [9.17, 15) is 18.0 Å². The summed E-state index contributed by atoms with van der Waals surface area (Å²) in [6.07, 6.45) is -0.362. The molecule has 36 heavy (non-hydrogen) atoms. The van der Waals surface area contributed by atoms with Crippen LogP contribution in [0.5, 0.6) is 5.88 Å². The van der Waals surface area contributed by atoms with Crippen LogP contribution < -0.4 is 16.2 Å². The van der Waals surface area contributed by atoms with Gasteiger partial charge in [0, 0.05) is 11.8 Å². The minimum atomic E-state index is -4.92. The summed E-state index contributed by atoms with van der Waals surface area (Å²) < 4.78 is 40.7. The number of ketones is 1. The van der Waals surface area contributed by atoms with Gasteiger partial charge in [-0.05, 0) is 20.8 Å². The number of thiazole rings is 2. The molecule has 1 atom stereocenters. The molecule has 1 aliphatic rings. The number of β-lactam (4-membered cyclic amide) rings is 1.